The van der Waals surface area contributed by atoms with Crippen LogP contribution >= 0.6 is 11.6 Å². The van der Waals surface area contributed by atoms with Gasteiger partial charge >= 0.3 is 0 Å². The molecule has 5 nitrogen and oxygen atoms in total. The number of aldehydes is 1. The van der Waals surface area contributed by atoms with Crippen LogP contribution in [-0.2, 0) is 9.59 Å². The molecule has 0 aliphatic carbocycles. The first-order valence-corrected chi connectivity index (χ1v) is 20.5. The lowest BCUT2D eigenvalue weighted by molar-refractivity contribution is -0.109. The predicted octanol–water partition coefficient (Wildman–Crippen LogP) is 13.4. The minimum absolute atomic E-state index is 0.0740. The molecule has 2 rings (SSSR count). The van der Waals surface area contributed by atoms with Gasteiger partial charge < -0.3 is 19.7 Å². The van der Waals surface area contributed by atoms with Gasteiger partial charge in [0.1, 0.15) is 12.0 Å². The summed E-state index contributed by atoms with van der Waals surface area (Å²) in [5.74, 6) is 1.12. The normalized spacial score (nSPS) is 11.8. The van der Waals surface area contributed by atoms with Crippen molar-refractivity contribution in [2.45, 2.75) is 158 Å². The zero-order chi connectivity index (χ0) is 41.0. The summed E-state index contributed by atoms with van der Waals surface area (Å²) in [6.45, 7) is 32.8. The molecule has 53 heavy (non-hydrogen) atoms. The Morgan fingerprint density at radius 1 is 0.868 bits per heavy atom. The Bertz CT molecular complexity index is 1220. The summed E-state index contributed by atoms with van der Waals surface area (Å²) in [5.41, 5.74) is 6.99. The number of carbonyl (C=O) groups is 2. The van der Waals surface area contributed by atoms with Crippen molar-refractivity contribution in [1.29, 1.82) is 0 Å². The van der Waals surface area contributed by atoms with Gasteiger partial charge in [-0.15, -0.1) is 18.2 Å². The number of hydrogen-bond donors (Lipinski definition) is 1. The molecule has 6 heteroatoms. The van der Waals surface area contributed by atoms with E-state index in [-0.39, 0.29) is 17.3 Å². The van der Waals surface area contributed by atoms with Crippen LogP contribution < -0.4 is 10.1 Å². The van der Waals surface area contributed by atoms with Gasteiger partial charge in [0.25, 0.3) is 0 Å². The average molecular weight is 756 g/mol. The molecule has 0 aliphatic rings. The fourth-order valence-corrected chi connectivity index (χ4v) is 5.22. The lowest BCUT2D eigenvalue weighted by atomic mass is 9.86. The second-order valence-corrected chi connectivity index (χ2v) is 13.9. The first-order valence-electron chi connectivity index (χ1n) is 20.1. The first-order chi connectivity index (χ1) is 25.3. The highest BCUT2D eigenvalue weighted by atomic mass is 35.5. The molecule has 1 N–H and O–H groups in total. The highest BCUT2D eigenvalue weighted by molar-refractivity contribution is 6.21. The number of amides is 1. The number of nitrogens with zero attached hydrogens (tertiary/aromatic N) is 1. The van der Waals surface area contributed by atoms with Gasteiger partial charge in [0.05, 0.1) is 18.0 Å². The van der Waals surface area contributed by atoms with Gasteiger partial charge in [0.2, 0.25) is 6.41 Å². The van der Waals surface area contributed by atoms with Crippen molar-refractivity contribution in [2.24, 2.45) is 0 Å². The van der Waals surface area contributed by atoms with Crippen LogP contribution in [0.5, 0.6) is 5.75 Å². The number of alkyl halides is 1. The van der Waals surface area contributed by atoms with Gasteiger partial charge in [0, 0.05) is 30.8 Å². The minimum Gasteiger partial charge on any atom is -0.493 e. The Morgan fingerprint density at radius 3 is 1.85 bits per heavy atom. The number of nitrogens with one attached hydrogen (secondary N) is 1. The van der Waals surface area contributed by atoms with Gasteiger partial charge in [-0.1, -0.05) is 159 Å². The Balaban J connectivity index is -0.000000967. The van der Waals surface area contributed by atoms with E-state index >= 15 is 0 Å². The van der Waals surface area contributed by atoms with Gasteiger partial charge in [0.15, 0.2) is 0 Å². The third-order valence-electron chi connectivity index (χ3n) is 8.52. The summed E-state index contributed by atoms with van der Waals surface area (Å²) < 4.78 is 5.92. The number of rotatable bonds is 20. The van der Waals surface area contributed by atoms with Crippen LogP contribution in [0.2, 0.25) is 0 Å². The third-order valence-corrected chi connectivity index (χ3v) is 8.87. The van der Waals surface area contributed by atoms with E-state index in [4.69, 9.17) is 21.1 Å². The van der Waals surface area contributed by atoms with Crippen molar-refractivity contribution in [3.63, 3.8) is 0 Å². The molecule has 0 radical (unpaired) electrons. The molecule has 2 aromatic carbocycles. The summed E-state index contributed by atoms with van der Waals surface area (Å²) in [4.78, 5) is 20.7. The zero-order valence-electron chi connectivity index (χ0n) is 36.0. The maximum absolute atomic E-state index is 9.57. The molecule has 1 amide bonds. The molecule has 0 heterocycles. The number of carbonyl (C=O) groups excluding carboxylic acids is 2. The molecule has 0 fully saturated rings. The van der Waals surface area contributed by atoms with E-state index in [9.17, 15) is 4.79 Å². The van der Waals surface area contributed by atoms with Gasteiger partial charge in [-0.2, -0.15) is 0 Å². The number of likely N-dealkylation sites (N-methyl/N-ethyl adjacent to an activating group) is 1. The molecular weight excluding hydrogens is 676 g/mol. The molecule has 0 saturated heterocycles. The second-order valence-electron chi connectivity index (χ2n) is 13.3. The SMILES string of the molecule is C=CC(Cl)C/C=C(\C)C(C(C)c1ccc(C)cc1)N(C)C(=C)c1cc(C)ccc1OCC.CC=O.CCCC.CCCCCCC.CCCCNC=O. The topological polar surface area (TPSA) is 58.6 Å². The fourth-order valence-electron chi connectivity index (χ4n) is 5.13. The van der Waals surface area contributed by atoms with Crippen LogP contribution in [-0.4, -0.2) is 49.2 Å². The van der Waals surface area contributed by atoms with Crippen molar-refractivity contribution in [1.82, 2.24) is 10.2 Å². The number of halogens is 1. The van der Waals surface area contributed by atoms with Crippen LogP contribution in [0.25, 0.3) is 5.70 Å². The fraction of sp³-hybridized carbons (Fsp3) is 0.574. The Hall–Kier alpha value is -3.31. The summed E-state index contributed by atoms with van der Waals surface area (Å²) in [5, 5.41) is 2.49. The highest BCUT2D eigenvalue weighted by Crippen LogP contribution is 2.35. The summed E-state index contributed by atoms with van der Waals surface area (Å²) in [7, 11) is 2.12. The average Bonchev–Trinajstić information content (AvgIpc) is 3.16. The monoisotopic (exact) mass is 755 g/mol. The molecular formula is C47H79ClN2O3. The molecule has 302 valence electrons. The quantitative estimate of drug-likeness (QED) is 0.0633. The van der Waals surface area contributed by atoms with Crippen LogP contribution in [0.1, 0.15) is 155 Å². The molecule has 0 bridgehead atoms. The third kappa shape index (κ3) is 27.0. The van der Waals surface area contributed by atoms with Crippen molar-refractivity contribution in [3.05, 3.63) is 95.6 Å². The minimum atomic E-state index is -0.0740. The van der Waals surface area contributed by atoms with Crippen LogP contribution in [0.15, 0.2) is 73.3 Å². The lowest BCUT2D eigenvalue weighted by Crippen LogP contribution is -2.35. The number of hydrogen-bond acceptors (Lipinski definition) is 4. The maximum atomic E-state index is 9.57. The largest absolute Gasteiger partial charge is 0.493 e. The standard InChI is InChI=1S/C29H38ClNO.C7H16.C5H11NO.C4H10.C2H4O/c1-9-26(30)17-14-22(5)29(23(6)25-15-11-20(3)12-16-25)31(8)24(7)27-19-21(4)13-18-28(27)32-10-2;1-3-5-7-6-4-2;1-2-3-4-6-5-7;1-3-4-2;1-2-3/h9,11-16,18-19,23,26,29H,1,7,10,17H2,2-6,8H3;3-7H2,1-2H3;5H,2-4H2,1H3,(H,6,7);3-4H2,1-2H3;2H,1H3/b22-14+;;;;. The van der Waals surface area contributed by atoms with E-state index in [0.717, 1.165) is 55.5 Å². The first kappa shape index (κ1) is 54.0. The molecule has 3 atom stereocenters. The van der Waals surface area contributed by atoms with Crippen molar-refractivity contribution in [2.75, 3.05) is 20.2 Å². The Kier molecular flexibility index (Phi) is 37.7. The molecule has 0 aliphatic heterocycles. The number of allylic oxidation sites excluding steroid dienone is 2. The van der Waals surface area contributed by atoms with E-state index < -0.39 is 0 Å². The van der Waals surface area contributed by atoms with Gasteiger partial charge in [-0.25, -0.2) is 0 Å². The number of aryl methyl sites for hydroxylation is 2. The van der Waals surface area contributed by atoms with E-state index in [1.54, 1.807) is 6.08 Å². The Labute approximate surface area is 332 Å². The number of benzene rings is 2. The molecule has 0 aromatic heterocycles. The predicted molar refractivity (Wildman–Crippen MR) is 236 cm³/mol. The summed E-state index contributed by atoms with van der Waals surface area (Å²) in [6, 6.07) is 15.2. The van der Waals surface area contributed by atoms with E-state index in [0.29, 0.717) is 6.61 Å². The van der Waals surface area contributed by atoms with Crippen LogP contribution in [0.4, 0.5) is 0 Å². The van der Waals surface area contributed by atoms with Crippen LogP contribution in [0.3, 0.4) is 0 Å². The number of ether oxygens (including phenoxy) is 1. The molecule has 3 unspecified atom stereocenters. The van der Waals surface area contributed by atoms with E-state index in [1.165, 1.54) is 74.1 Å². The maximum Gasteiger partial charge on any atom is 0.207 e. The van der Waals surface area contributed by atoms with Crippen LogP contribution in [0, 0.1) is 13.8 Å². The summed E-state index contributed by atoms with van der Waals surface area (Å²) >= 11 is 6.33. The van der Waals surface area contributed by atoms with E-state index in [1.807, 2.05) is 13.0 Å². The van der Waals surface area contributed by atoms with Crippen molar-refractivity contribution >= 4 is 30.0 Å². The van der Waals surface area contributed by atoms with Gasteiger partial charge in [-0.3, -0.25) is 4.79 Å². The highest BCUT2D eigenvalue weighted by Gasteiger charge is 2.27. The molecule has 0 saturated carbocycles. The van der Waals surface area contributed by atoms with Crippen molar-refractivity contribution in [3.8, 4) is 5.75 Å². The smallest absolute Gasteiger partial charge is 0.207 e. The molecule has 2 aromatic rings. The van der Waals surface area contributed by atoms with Crippen molar-refractivity contribution < 1.29 is 14.3 Å². The number of unbranched alkanes of at least 4 members (excludes halogenated alkanes) is 6. The Morgan fingerprint density at radius 2 is 1.40 bits per heavy atom. The lowest BCUT2D eigenvalue weighted by Gasteiger charge is -2.37. The summed E-state index contributed by atoms with van der Waals surface area (Å²) in [6.07, 6.45) is 18.1. The van der Waals surface area contributed by atoms with Gasteiger partial charge in [-0.05, 0) is 65.2 Å². The zero-order valence-corrected chi connectivity index (χ0v) is 36.8. The molecule has 0 spiro atoms. The van der Waals surface area contributed by atoms with E-state index in [2.05, 4.69) is 135 Å². The second kappa shape index (κ2) is 37.0.